The Morgan fingerprint density at radius 1 is 1.45 bits per heavy atom. The number of aromatic nitrogens is 2. The highest BCUT2D eigenvalue weighted by Crippen LogP contribution is 2.18. The summed E-state index contributed by atoms with van der Waals surface area (Å²) in [6.45, 7) is 1.49. The standard InChI is InChI=1S/C13H13FN4O2/c1-8-4-13(20)18(16-6-8)7-12(19)17-11-3-2-9(14)5-10(11)15/h2-6H,7,15H2,1H3,(H,17,19). The lowest BCUT2D eigenvalue weighted by atomic mass is 10.2. The van der Waals surface area contributed by atoms with Gasteiger partial charge in [0.25, 0.3) is 5.56 Å². The SMILES string of the molecule is Cc1cnn(CC(=O)Nc2ccc(F)cc2N)c(=O)c1. The van der Waals surface area contributed by atoms with E-state index >= 15 is 0 Å². The maximum Gasteiger partial charge on any atom is 0.267 e. The summed E-state index contributed by atoms with van der Waals surface area (Å²) in [7, 11) is 0. The lowest BCUT2D eigenvalue weighted by Crippen LogP contribution is -2.29. The number of rotatable bonds is 3. The van der Waals surface area contributed by atoms with Gasteiger partial charge in [-0.3, -0.25) is 9.59 Å². The normalized spacial score (nSPS) is 10.3. The number of aryl methyl sites for hydroxylation is 1. The van der Waals surface area contributed by atoms with Gasteiger partial charge in [0.15, 0.2) is 0 Å². The molecule has 2 rings (SSSR count). The van der Waals surface area contributed by atoms with E-state index in [1.165, 1.54) is 24.4 Å². The number of carbonyl (C=O) groups excluding carboxylic acids is 1. The minimum absolute atomic E-state index is 0.113. The molecule has 0 bridgehead atoms. The third-order valence-corrected chi connectivity index (χ3v) is 2.59. The molecular formula is C13H13FN4O2. The van der Waals surface area contributed by atoms with Gasteiger partial charge in [-0.2, -0.15) is 5.10 Å². The average Bonchev–Trinajstić information content (AvgIpc) is 2.36. The van der Waals surface area contributed by atoms with E-state index in [9.17, 15) is 14.0 Å². The fourth-order valence-electron chi connectivity index (χ4n) is 1.62. The maximum absolute atomic E-state index is 12.9. The van der Waals surface area contributed by atoms with E-state index in [1.807, 2.05) is 0 Å². The summed E-state index contributed by atoms with van der Waals surface area (Å²) in [5.74, 6) is -0.960. The summed E-state index contributed by atoms with van der Waals surface area (Å²) < 4.78 is 13.9. The van der Waals surface area contributed by atoms with Crippen molar-refractivity contribution in [3.05, 3.63) is 52.2 Å². The topological polar surface area (TPSA) is 90.0 Å². The van der Waals surface area contributed by atoms with E-state index in [0.717, 1.165) is 16.3 Å². The van der Waals surface area contributed by atoms with Gasteiger partial charge >= 0.3 is 0 Å². The zero-order valence-corrected chi connectivity index (χ0v) is 10.8. The molecule has 3 N–H and O–H groups in total. The van der Waals surface area contributed by atoms with Crippen LogP contribution in [0.3, 0.4) is 0 Å². The molecular weight excluding hydrogens is 263 g/mol. The first-order chi connectivity index (χ1) is 9.45. The van der Waals surface area contributed by atoms with Crippen molar-refractivity contribution >= 4 is 17.3 Å². The van der Waals surface area contributed by atoms with Crippen LogP contribution in [0.1, 0.15) is 5.56 Å². The molecule has 1 heterocycles. The monoisotopic (exact) mass is 276 g/mol. The summed E-state index contributed by atoms with van der Waals surface area (Å²) in [6.07, 6.45) is 1.49. The first-order valence-electron chi connectivity index (χ1n) is 5.84. The van der Waals surface area contributed by atoms with Crippen molar-refractivity contribution < 1.29 is 9.18 Å². The fourth-order valence-corrected chi connectivity index (χ4v) is 1.62. The van der Waals surface area contributed by atoms with Crippen molar-refractivity contribution in [2.75, 3.05) is 11.1 Å². The predicted molar refractivity (Wildman–Crippen MR) is 72.7 cm³/mol. The van der Waals surface area contributed by atoms with Crippen LogP contribution >= 0.6 is 0 Å². The van der Waals surface area contributed by atoms with Gasteiger partial charge in [-0.15, -0.1) is 0 Å². The summed E-state index contributed by atoms with van der Waals surface area (Å²) in [6, 6.07) is 5.02. The molecule has 104 valence electrons. The number of hydrogen-bond donors (Lipinski definition) is 2. The molecule has 0 spiro atoms. The van der Waals surface area contributed by atoms with Crippen molar-refractivity contribution in [3.8, 4) is 0 Å². The van der Waals surface area contributed by atoms with Crippen LogP contribution in [0.4, 0.5) is 15.8 Å². The maximum atomic E-state index is 12.9. The molecule has 6 nitrogen and oxygen atoms in total. The molecule has 0 unspecified atom stereocenters. The Hall–Kier alpha value is -2.70. The number of nitrogens with two attached hydrogens (primary N) is 1. The van der Waals surface area contributed by atoms with Crippen LogP contribution in [0.15, 0.2) is 35.3 Å². The smallest absolute Gasteiger partial charge is 0.267 e. The second-order valence-corrected chi connectivity index (χ2v) is 4.31. The second-order valence-electron chi connectivity index (χ2n) is 4.31. The van der Waals surface area contributed by atoms with Crippen LogP contribution in [0, 0.1) is 12.7 Å². The highest BCUT2D eigenvalue weighted by atomic mass is 19.1. The quantitative estimate of drug-likeness (QED) is 0.815. The third-order valence-electron chi connectivity index (χ3n) is 2.59. The zero-order valence-electron chi connectivity index (χ0n) is 10.8. The Bertz CT molecular complexity index is 712. The predicted octanol–water partition coefficient (Wildman–Crippen LogP) is 0.912. The first-order valence-corrected chi connectivity index (χ1v) is 5.84. The largest absolute Gasteiger partial charge is 0.397 e. The van der Waals surface area contributed by atoms with Gasteiger partial charge in [0, 0.05) is 6.07 Å². The molecule has 0 radical (unpaired) electrons. The van der Waals surface area contributed by atoms with Gasteiger partial charge in [-0.1, -0.05) is 0 Å². The number of amides is 1. The van der Waals surface area contributed by atoms with Crippen molar-refractivity contribution in [1.82, 2.24) is 9.78 Å². The number of nitrogen functional groups attached to an aromatic ring is 1. The minimum atomic E-state index is -0.489. The van der Waals surface area contributed by atoms with Gasteiger partial charge < -0.3 is 11.1 Å². The van der Waals surface area contributed by atoms with E-state index in [-0.39, 0.29) is 23.5 Å². The molecule has 2 aromatic rings. The molecule has 1 aromatic heterocycles. The molecule has 0 saturated heterocycles. The molecule has 0 aliphatic rings. The molecule has 0 aliphatic heterocycles. The zero-order chi connectivity index (χ0) is 14.7. The Morgan fingerprint density at radius 3 is 2.85 bits per heavy atom. The number of hydrogen-bond acceptors (Lipinski definition) is 4. The van der Waals surface area contributed by atoms with Crippen molar-refractivity contribution in [3.63, 3.8) is 0 Å². The Labute approximate surface area is 114 Å². The molecule has 0 aliphatic carbocycles. The van der Waals surface area contributed by atoms with E-state index in [0.29, 0.717) is 0 Å². The number of carbonyl (C=O) groups is 1. The lowest BCUT2D eigenvalue weighted by molar-refractivity contribution is -0.117. The lowest BCUT2D eigenvalue weighted by Gasteiger charge is -2.09. The van der Waals surface area contributed by atoms with E-state index in [4.69, 9.17) is 5.73 Å². The Kier molecular flexibility index (Phi) is 3.79. The number of anilines is 2. The van der Waals surface area contributed by atoms with Crippen LogP contribution in [0.25, 0.3) is 0 Å². The van der Waals surface area contributed by atoms with E-state index < -0.39 is 11.7 Å². The highest BCUT2D eigenvalue weighted by molar-refractivity contribution is 5.93. The summed E-state index contributed by atoms with van der Waals surface area (Å²) >= 11 is 0. The Morgan fingerprint density at radius 2 is 2.20 bits per heavy atom. The third kappa shape index (κ3) is 3.19. The molecule has 0 fully saturated rings. The molecule has 20 heavy (non-hydrogen) atoms. The van der Waals surface area contributed by atoms with E-state index in [1.54, 1.807) is 6.92 Å². The Balaban J connectivity index is 2.11. The van der Waals surface area contributed by atoms with Crippen LogP contribution in [-0.4, -0.2) is 15.7 Å². The molecule has 7 heteroatoms. The fraction of sp³-hybridized carbons (Fsp3) is 0.154. The van der Waals surface area contributed by atoms with Crippen LogP contribution in [0.5, 0.6) is 0 Å². The summed E-state index contributed by atoms with van der Waals surface area (Å²) in [4.78, 5) is 23.4. The van der Waals surface area contributed by atoms with Gasteiger partial charge in [0.05, 0.1) is 17.6 Å². The molecule has 1 amide bonds. The van der Waals surface area contributed by atoms with Crippen LogP contribution < -0.4 is 16.6 Å². The molecule has 0 saturated carbocycles. The number of nitrogens with zero attached hydrogens (tertiary/aromatic N) is 2. The van der Waals surface area contributed by atoms with E-state index in [2.05, 4.69) is 10.4 Å². The molecule has 0 atom stereocenters. The minimum Gasteiger partial charge on any atom is -0.397 e. The van der Waals surface area contributed by atoms with Gasteiger partial charge in [-0.05, 0) is 30.7 Å². The highest BCUT2D eigenvalue weighted by Gasteiger charge is 2.08. The summed E-state index contributed by atoms with van der Waals surface area (Å²) in [5, 5.41) is 6.35. The van der Waals surface area contributed by atoms with Crippen molar-refractivity contribution in [2.45, 2.75) is 13.5 Å². The first kappa shape index (κ1) is 13.7. The second kappa shape index (κ2) is 5.52. The van der Waals surface area contributed by atoms with Crippen LogP contribution in [-0.2, 0) is 11.3 Å². The number of nitrogens with one attached hydrogen (secondary N) is 1. The average molecular weight is 276 g/mol. The van der Waals surface area contributed by atoms with Crippen molar-refractivity contribution in [1.29, 1.82) is 0 Å². The number of halogens is 1. The van der Waals surface area contributed by atoms with Gasteiger partial charge in [0.2, 0.25) is 5.91 Å². The number of benzene rings is 1. The van der Waals surface area contributed by atoms with Gasteiger partial charge in [0.1, 0.15) is 12.4 Å². The molecule has 1 aromatic carbocycles. The van der Waals surface area contributed by atoms with Crippen LogP contribution in [0.2, 0.25) is 0 Å². The van der Waals surface area contributed by atoms with Crippen molar-refractivity contribution in [2.24, 2.45) is 0 Å². The van der Waals surface area contributed by atoms with Gasteiger partial charge in [-0.25, -0.2) is 9.07 Å². The summed E-state index contributed by atoms with van der Waals surface area (Å²) in [5.41, 5.74) is 6.32.